The summed E-state index contributed by atoms with van der Waals surface area (Å²) >= 11 is 0. The fourth-order valence-corrected chi connectivity index (χ4v) is 1.18. The zero-order chi connectivity index (χ0) is 12.6. The molecule has 0 saturated heterocycles. The van der Waals surface area contributed by atoms with Crippen molar-refractivity contribution in [3.63, 3.8) is 0 Å². The highest BCUT2D eigenvalue weighted by Gasteiger charge is 2.33. The maximum Gasteiger partial charge on any atom is 0.416 e. The van der Waals surface area contributed by atoms with Crippen molar-refractivity contribution in [2.24, 2.45) is 0 Å². The summed E-state index contributed by atoms with van der Waals surface area (Å²) in [7, 11) is 0. The normalized spacial score (nSPS) is 12.3. The van der Waals surface area contributed by atoms with E-state index in [9.17, 15) is 17.6 Å². The van der Waals surface area contributed by atoms with Crippen molar-refractivity contribution >= 4 is 0 Å². The van der Waals surface area contributed by atoms with Gasteiger partial charge in [-0.05, 0) is 37.6 Å². The number of halogens is 4. The summed E-state index contributed by atoms with van der Waals surface area (Å²) in [6.07, 6.45) is -4.61. The van der Waals surface area contributed by atoms with Crippen LogP contribution in [0.15, 0.2) is 18.2 Å². The molecule has 0 aromatic heterocycles. The first kappa shape index (κ1) is 12.5. The Balaban J connectivity index is 3.36. The third kappa shape index (κ3) is 2.51. The first-order chi connectivity index (χ1) is 7.16. The molecule has 0 heterocycles. The maximum atomic E-state index is 13.0. The predicted octanol–water partition coefficient (Wildman–Crippen LogP) is 3.65. The highest BCUT2D eigenvalue weighted by Crippen LogP contribution is 2.33. The molecule has 0 amide bonds. The average Bonchev–Trinajstić information content (AvgIpc) is 2.15. The first-order valence-corrected chi connectivity index (χ1v) is 4.46. The standard InChI is InChI=1S/C11H9F4N/c1-10(2,6-16)7-3-8(11(13,14)15)5-9(12)4-7/h3-5H,1-2H3. The van der Waals surface area contributed by atoms with Gasteiger partial charge >= 0.3 is 6.18 Å². The molecular weight excluding hydrogens is 222 g/mol. The van der Waals surface area contributed by atoms with Gasteiger partial charge in [0.15, 0.2) is 0 Å². The van der Waals surface area contributed by atoms with Crippen LogP contribution in [0.4, 0.5) is 17.6 Å². The molecule has 1 nitrogen and oxygen atoms in total. The predicted molar refractivity (Wildman–Crippen MR) is 50.0 cm³/mol. The third-order valence-corrected chi connectivity index (χ3v) is 2.23. The number of nitrogens with zero attached hydrogens (tertiary/aromatic N) is 1. The number of benzene rings is 1. The molecule has 16 heavy (non-hydrogen) atoms. The summed E-state index contributed by atoms with van der Waals surface area (Å²) in [5, 5.41) is 8.78. The Morgan fingerprint density at radius 2 is 1.56 bits per heavy atom. The maximum absolute atomic E-state index is 13.0. The van der Waals surface area contributed by atoms with Gasteiger partial charge in [0, 0.05) is 0 Å². The van der Waals surface area contributed by atoms with Crippen molar-refractivity contribution in [1.82, 2.24) is 0 Å². The minimum Gasteiger partial charge on any atom is -0.207 e. The van der Waals surface area contributed by atoms with Crippen LogP contribution >= 0.6 is 0 Å². The number of hydrogen-bond donors (Lipinski definition) is 0. The number of alkyl halides is 3. The SMILES string of the molecule is CC(C)(C#N)c1cc(F)cc(C(F)(F)F)c1. The van der Waals surface area contributed by atoms with Crippen LogP contribution in [0.3, 0.4) is 0 Å². The van der Waals surface area contributed by atoms with E-state index < -0.39 is 23.0 Å². The molecule has 0 bridgehead atoms. The smallest absolute Gasteiger partial charge is 0.207 e. The van der Waals surface area contributed by atoms with Crippen molar-refractivity contribution in [1.29, 1.82) is 5.26 Å². The largest absolute Gasteiger partial charge is 0.416 e. The summed E-state index contributed by atoms with van der Waals surface area (Å²) in [6.45, 7) is 2.86. The molecule has 5 heteroatoms. The molecule has 0 unspecified atom stereocenters. The Kier molecular flexibility index (Phi) is 2.95. The molecule has 0 fully saturated rings. The van der Waals surface area contributed by atoms with Gasteiger partial charge in [-0.2, -0.15) is 18.4 Å². The van der Waals surface area contributed by atoms with Crippen molar-refractivity contribution in [3.05, 3.63) is 35.1 Å². The van der Waals surface area contributed by atoms with Crippen molar-refractivity contribution in [3.8, 4) is 6.07 Å². The molecule has 0 spiro atoms. The molecule has 1 aromatic carbocycles. The van der Waals surface area contributed by atoms with E-state index in [2.05, 4.69) is 0 Å². The van der Waals surface area contributed by atoms with E-state index in [4.69, 9.17) is 5.26 Å². The van der Waals surface area contributed by atoms with Crippen LogP contribution in [0.5, 0.6) is 0 Å². The third-order valence-electron chi connectivity index (χ3n) is 2.23. The lowest BCUT2D eigenvalue weighted by Gasteiger charge is -2.17. The molecule has 0 aliphatic heterocycles. The second kappa shape index (κ2) is 3.78. The van der Waals surface area contributed by atoms with Crippen LogP contribution in [-0.2, 0) is 11.6 Å². The summed E-state index contributed by atoms with van der Waals surface area (Å²) in [5.74, 6) is -0.992. The van der Waals surface area contributed by atoms with Crippen molar-refractivity contribution in [2.45, 2.75) is 25.4 Å². The molecule has 0 aliphatic carbocycles. The number of hydrogen-bond acceptors (Lipinski definition) is 1. The Bertz CT molecular complexity index is 440. The van der Waals surface area contributed by atoms with E-state index in [-0.39, 0.29) is 5.56 Å². The monoisotopic (exact) mass is 231 g/mol. The lowest BCUT2D eigenvalue weighted by Crippen LogP contribution is -2.16. The van der Waals surface area contributed by atoms with Gasteiger partial charge in [-0.1, -0.05) is 0 Å². The number of nitriles is 1. The second-order valence-electron chi connectivity index (χ2n) is 3.96. The minimum absolute atomic E-state index is 0.0160. The molecule has 1 rings (SSSR count). The average molecular weight is 231 g/mol. The molecule has 86 valence electrons. The van der Waals surface area contributed by atoms with E-state index in [1.807, 2.05) is 6.07 Å². The second-order valence-corrected chi connectivity index (χ2v) is 3.96. The van der Waals surface area contributed by atoms with E-state index in [0.717, 1.165) is 12.1 Å². The van der Waals surface area contributed by atoms with Gasteiger partial charge in [0.1, 0.15) is 5.82 Å². The Morgan fingerprint density at radius 1 is 1.06 bits per heavy atom. The van der Waals surface area contributed by atoms with Crippen molar-refractivity contribution < 1.29 is 17.6 Å². The summed E-state index contributed by atoms with van der Waals surface area (Å²) < 4.78 is 50.2. The molecule has 0 radical (unpaired) electrons. The summed E-state index contributed by atoms with van der Waals surface area (Å²) in [4.78, 5) is 0. The molecule has 0 aliphatic rings. The zero-order valence-electron chi connectivity index (χ0n) is 8.69. The van der Waals surface area contributed by atoms with Crippen LogP contribution in [-0.4, -0.2) is 0 Å². The highest BCUT2D eigenvalue weighted by molar-refractivity contribution is 5.35. The summed E-state index contributed by atoms with van der Waals surface area (Å²) in [5.41, 5.74) is -2.21. The fraction of sp³-hybridized carbons (Fsp3) is 0.364. The molecule has 0 N–H and O–H groups in total. The fourth-order valence-electron chi connectivity index (χ4n) is 1.18. The number of rotatable bonds is 1. The molecular formula is C11H9F4N. The Labute approximate surface area is 90.3 Å². The topological polar surface area (TPSA) is 23.8 Å². The lowest BCUT2D eigenvalue weighted by molar-refractivity contribution is -0.137. The molecule has 0 atom stereocenters. The van der Waals surface area contributed by atoms with E-state index in [0.29, 0.717) is 6.07 Å². The van der Waals surface area contributed by atoms with E-state index in [1.165, 1.54) is 13.8 Å². The van der Waals surface area contributed by atoms with Gasteiger partial charge in [-0.15, -0.1) is 0 Å². The van der Waals surface area contributed by atoms with Gasteiger partial charge in [0.05, 0.1) is 17.0 Å². The van der Waals surface area contributed by atoms with Crippen molar-refractivity contribution in [2.75, 3.05) is 0 Å². The van der Waals surface area contributed by atoms with Crippen LogP contribution in [0.1, 0.15) is 25.0 Å². The van der Waals surface area contributed by atoms with Gasteiger partial charge in [-0.3, -0.25) is 0 Å². The van der Waals surface area contributed by atoms with E-state index in [1.54, 1.807) is 0 Å². The zero-order valence-corrected chi connectivity index (χ0v) is 8.69. The highest BCUT2D eigenvalue weighted by atomic mass is 19.4. The summed E-state index contributed by atoms with van der Waals surface area (Å²) in [6, 6.07) is 3.98. The van der Waals surface area contributed by atoms with Gasteiger partial charge in [0.2, 0.25) is 0 Å². The quantitative estimate of drug-likeness (QED) is 0.677. The molecule has 0 saturated carbocycles. The van der Waals surface area contributed by atoms with Gasteiger partial charge in [0.25, 0.3) is 0 Å². The minimum atomic E-state index is -4.61. The lowest BCUT2D eigenvalue weighted by atomic mass is 9.85. The van der Waals surface area contributed by atoms with Crippen LogP contribution in [0, 0.1) is 17.1 Å². The van der Waals surface area contributed by atoms with E-state index >= 15 is 0 Å². The van der Waals surface area contributed by atoms with Crippen LogP contribution < -0.4 is 0 Å². The Morgan fingerprint density at radius 3 is 2.00 bits per heavy atom. The Hall–Kier alpha value is -1.57. The van der Waals surface area contributed by atoms with Crippen LogP contribution in [0.2, 0.25) is 0 Å². The van der Waals surface area contributed by atoms with Crippen LogP contribution in [0.25, 0.3) is 0 Å². The van der Waals surface area contributed by atoms with Gasteiger partial charge in [-0.25, -0.2) is 4.39 Å². The van der Waals surface area contributed by atoms with Gasteiger partial charge < -0.3 is 0 Å². The molecule has 1 aromatic rings. The first-order valence-electron chi connectivity index (χ1n) is 4.46.